The van der Waals surface area contributed by atoms with E-state index >= 15 is 0 Å². The normalized spacial score (nSPS) is 12.6. The van der Waals surface area contributed by atoms with Gasteiger partial charge in [0.25, 0.3) is 0 Å². The van der Waals surface area contributed by atoms with E-state index in [1.54, 1.807) is 20.8 Å². The van der Waals surface area contributed by atoms with Crippen LogP contribution in [0, 0.1) is 11.6 Å². The summed E-state index contributed by atoms with van der Waals surface area (Å²) in [4.78, 5) is 23.9. The lowest BCUT2D eigenvalue weighted by Gasteiger charge is -2.23. The molecule has 0 fully saturated rings. The molecule has 0 aromatic heterocycles. The van der Waals surface area contributed by atoms with E-state index in [9.17, 15) is 18.4 Å². The molecule has 1 aromatic carbocycles. The number of benzene rings is 1. The average molecular weight is 329 g/mol. The quantitative estimate of drug-likeness (QED) is 0.815. The summed E-state index contributed by atoms with van der Waals surface area (Å²) in [5, 5.41) is 2.49. The number of carbonyl (C=O) groups is 2. The first kappa shape index (κ1) is 19.0. The van der Waals surface area contributed by atoms with Crippen LogP contribution < -0.4 is 5.32 Å². The number of halogens is 2. The first-order valence-electron chi connectivity index (χ1n) is 7.09. The molecule has 23 heavy (non-hydrogen) atoms. The standard InChI is InChI=1S/C16H21F2NO4/c1-16(2,3)23-15(21)19-10(9-22-4)8-13(20)11-6-5-7-12(17)14(11)18/h5-7,10H,8-9H2,1-4H3,(H,19,21). The number of alkyl carbamates (subject to hydrolysis) is 1. The lowest BCUT2D eigenvalue weighted by molar-refractivity contribution is 0.0464. The highest BCUT2D eigenvalue weighted by Gasteiger charge is 2.23. The molecule has 0 aliphatic rings. The molecule has 1 rings (SSSR count). The number of nitrogens with one attached hydrogen (secondary N) is 1. The summed E-state index contributed by atoms with van der Waals surface area (Å²) < 4.78 is 36.8. The van der Waals surface area contributed by atoms with Gasteiger partial charge >= 0.3 is 6.09 Å². The van der Waals surface area contributed by atoms with Gasteiger partial charge in [-0.3, -0.25) is 4.79 Å². The molecule has 128 valence electrons. The molecule has 0 saturated heterocycles. The van der Waals surface area contributed by atoms with Crippen molar-refractivity contribution in [3.8, 4) is 0 Å². The molecule has 0 bridgehead atoms. The van der Waals surface area contributed by atoms with E-state index in [4.69, 9.17) is 9.47 Å². The Morgan fingerprint density at radius 1 is 1.26 bits per heavy atom. The molecule has 0 spiro atoms. The maximum atomic E-state index is 13.6. The Labute approximate surface area is 134 Å². The Hall–Kier alpha value is -2.02. The number of amides is 1. The average Bonchev–Trinajstić information content (AvgIpc) is 2.39. The minimum atomic E-state index is -1.20. The van der Waals surface area contributed by atoms with E-state index in [0.717, 1.165) is 6.07 Å². The van der Waals surface area contributed by atoms with E-state index < -0.39 is 35.2 Å². The maximum Gasteiger partial charge on any atom is 0.407 e. The molecule has 1 aromatic rings. The molecule has 7 heteroatoms. The van der Waals surface area contributed by atoms with Crippen molar-refractivity contribution in [3.05, 3.63) is 35.4 Å². The van der Waals surface area contributed by atoms with Gasteiger partial charge < -0.3 is 14.8 Å². The van der Waals surface area contributed by atoms with E-state index in [2.05, 4.69) is 5.32 Å². The third-order valence-electron chi connectivity index (χ3n) is 2.77. The zero-order valence-corrected chi connectivity index (χ0v) is 13.6. The van der Waals surface area contributed by atoms with Gasteiger partial charge in [0.05, 0.1) is 18.2 Å². The fraction of sp³-hybridized carbons (Fsp3) is 0.500. The van der Waals surface area contributed by atoms with E-state index in [0.29, 0.717) is 0 Å². The third kappa shape index (κ3) is 6.32. The molecule has 1 atom stereocenters. The zero-order chi connectivity index (χ0) is 17.6. The predicted molar refractivity (Wildman–Crippen MR) is 80.3 cm³/mol. The Balaban J connectivity index is 2.77. The first-order chi connectivity index (χ1) is 10.6. The van der Waals surface area contributed by atoms with Crippen molar-refractivity contribution in [2.24, 2.45) is 0 Å². The molecule has 0 heterocycles. The van der Waals surface area contributed by atoms with Gasteiger partial charge in [-0.1, -0.05) is 6.07 Å². The molecule has 5 nitrogen and oxygen atoms in total. The number of ketones is 1. The van der Waals surface area contributed by atoms with Crippen LogP contribution in [0.2, 0.25) is 0 Å². The van der Waals surface area contributed by atoms with Crippen molar-refractivity contribution in [1.29, 1.82) is 0 Å². The predicted octanol–water partition coefficient (Wildman–Crippen LogP) is 3.08. The summed E-state index contributed by atoms with van der Waals surface area (Å²) in [7, 11) is 1.40. The van der Waals surface area contributed by atoms with Crippen molar-refractivity contribution in [2.45, 2.75) is 38.8 Å². The van der Waals surface area contributed by atoms with E-state index in [1.807, 2.05) is 0 Å². The second-order valence-corrected chi connectivity index (χ2v) is 6.03. The third-order valence-corrected chi connectivity index (χ3v) is 2.77. The molecule has 0 aliphatic carbocycles. The molecule has 0 saturated carbocycles. The van der Waals surface area contributed by atoms with Gasteiger partial charge in [-0.15, -0.1) is 0 Å². The van der Waals surface area contributed by atoms with Crippen LogP contribution in [0.4, 0.5) is 13.6 Å². The Bertz CT molecular complexity index is 570. The fourth-order valence-electron chi connectivity index (χ4n) is 1.88. The van der Waals surface area contributed by atoms with Gasteiger partial charge in [0.2, 0.25) is 0 Å². The van der Waals surface area contributed by atoms with Crippen LogP contribution >= 0.6 is 0 Å². The lowest BCUT2D eigenvalue weighted by Crippen LogP contribution is -2.42. The molecule has 1 amide bonds. The van der Waals surface area contributed by atoms with Crippen molar-refractivity contribution in [2.75, 3.05) is 13.7 Å². The first-order valence-corrected chi connectivity index (χ1v) is 7.09. The smallest absolute Gasteiger partial charge is 0.407 e. The number of carbonyl (C=O) groups excluding carboxylic acids is 2. The molecule has 1 unspecified atom stereocenters. The maximum absolute atomic E-state index is 13.6. The van der Waals surface area contributed by atoms with Gasteiger partial charge in [0, 0.05) is 13.5 Å². The Kier molecular flexibility index (Phi) is 6.62. The second kappa shape index (κ2) is 8.01. The minimum Gasteiger partial charge on any atom is -0.444 e. The number of rotatable bonds is 6. The monoisotopic (exact) mass is 329 g/mol. The Morgan fingerprint density at radius 3 is 2.48 bits per heavy atom. The van der Waals surface area contributed by atoms with Gasteiger partial charge in [0.15, 0.2) is 17.4 Å². The van der Waals surface area contributed by atoms with Crippen LogP contribution in [0.3, 0.4) is 0 Å². The van der Waals surface area contributed by atoms with Crippen LogP contribution in [0.15, 0.2) is 18.2 Å². The number of hydrogen-bond acceptors (Lipinski definition) is 4. The second-order valence-electron chi connectivity index (χ2n) is 6.03. The summed E-state index contributed by atoms with van der Waals surface area (Å²) >= 11 is 0. The zero-order valence-electron chi connectivity index (χ0n) is 13.6. The largest absolute Gasteiger partial charge is 0.444 e. The summed E-state index contributed by atoms with van der Waals surface area (Å²) in [6.45, 7) is 5.13. The SMILES string of the molecule is COCC(CC(=O)c1cccc(F)c1F)NC(=O)OC(C)(C)C. The highest BCUT2D eigenvalue weighted by molar-refractivity contribution is 5.96. The molecule has 1 N–H and O–H groups in total. The number of ether oxygens (including phenoxy) is 2. The summed E-state index contributed by atoms with van der Waals surface area (Å²) in [5.74, 6) is -2.94. The van der Waals surface area contributed by atoms with Gasteiger partial charge in [-0.05, 0) is 32.9 Å². The van der Waals surface area contributed by atoms with Crippen molar-refractivity contribution >= 4 is 11.9 Å². The summed E-state index contributed by atoms with van der Waals surface area (Å²) in [6, 6.07) is 2.65. The van der Waals surface area contributed by atoms with E-state index in [-0.39, 0.29) is 18.6 Å². The number of Topliss-reactive ketones (excluding diaryl/α,β-unsaturated/α-hetero) is 1. The van der Waals surface area contributed by atoms with Crippen LogP contribution in [0.1, 0.15) is 37.6 Å². The summed E-state index contributed by atoms with van der Waals surface area (Å²) in [6.07, 6.45) is -0.958. The minimum absolute atomic E-state index is 0.0297. The number of hydrogen-bond donors (Lipinski definition) is 1. The topological polar surface area (TPSA) is 64.6 Å². The van der Waals surface area contributed by atoms with Crippen molar-refractivity contribution in [1.82, 2.24) is 5.32 Å². The van der Waals surface area contributed by atoms with Crippen molar-refractivity contribution < 1.29 is 27.8 Å². The van der Waals surface area contributed by atoms with Crippen LogP contribution in [0.5, 0.6) is 0 Å². The van der Waals surface area contributed by atoms with Gasteiger partial charge in [0.1, 0.15) is 5.60 Å². The van der Waals surface area contributed by atoms with Crippen LogP contribution in [0.25, 0.3) is 0 Å². The van der Waals surface area contributed by atoms with Gasteiger partial charge in [-0.25, -0.2) is 13.6 Å². The summed E-state index contributed by atoms with van der Waals surface area (Å²) in [5.41, 5.74) is -1.06. The highest BCUT2D eigenvalue weighted by atomic mass is 19.2. The number of methoxy groups -OCH3 is 1. The van der Waals surface area contributed by atoms with Crippen molar-refractivity contribution in [3.63, 3.8) is 0 Å². The van der Waals surface area contributed by atoms with Gasteiger partial charge in [-0.2, -0.15) is 0 Å². The molecular weight excluding hydrogens is 308 g/mol. The van der Waals surface area contributed by atoms with E-state index in [1.165, 1.54) is 19.2 Å². The van der Waals surface area contributed by atoms with Crippen LogP contribution in [-0.2, 0) is 9.47 Å². The molecular formula is C16H21F2NO4. The molecule has 0 aliphatic heterocycles. The highest BCUT2D eigenvalue weighted by Crippen LogP contribution is 2.15. The fourth-order valence-corrected chi connectivity index (χ4v) is 1.88. The van der Waals surface area contributed by atoms with Crippen LogP contribution in [-0.4, -0.2) is 37.2 Å². The Morgan fingerprint density at radius 2 is 1.91 bits per heavy atom. The lowest BCUT2D eigenvalue weighted by atomic mass is 10.0. The molecule has 0 radical (unpaired) electrons.